The van der Waals surface area contributed by atoms with Gasteiger partial charge in [0.1, 0.15) is 0 Å². The van der Waals surface area contributed by atoms with Crippen LogP contribution in [0.15, 0.2) is 47.1 Å². The molecule has 3 aromatic rings. The van der Waals surface area contributed by atoms with Crippen molar-refractivity contribution in [2.75, 3.05) is 0 Å². The molecule has 0 saturated heterocycles. The van der Waals surface area contributed by atoms with Gasteiger partial charge in [-0.1, -0.05) is 18.2 Å². The summed E-state index contributed by atoms with van der Waals surface area (Å²) in [6.45, 7) is 2.01. The fourth-order valence-corrected chi connectivity index (χ4v) is 3.41. The SMILES string of the molecule is CC(N)c1ccc(-c2cccc3cc(Br)cnc23)s1. The Morgan fingerprint density at radius 3 is 2.84 bits per heavy atom. The van der Waals surface area contributed by atoms with Crippen molar-refractivity contribution in [3.63, 3.8) is 0 Å². The van der Waals surface area contributed by atoms with Crippen LogP contribution in [0.4, 0.5) is 0 Å². The van der Waals surface area contributed by atoms with E-state index in [0.29, 0.717) is 0 Å². The van der Waals surface area contributed by atoms with Gasteiger partial charge in [-0.3, -0.25) is 4.98 Å². The molecule has 1 atom stereocenters. The van der Waals surface area contributed by atoms with Gasteiger partial charge >= 0.3 is 0 Å². The van der Waals surface area contributed by atoms with E-state index in [9.17, 15) is 0 Å². The van der Waals surface area contributed by atoms with Gasteiger partial charge in [0.05, 0.1) is 5.52 Å². The summed E-state index contributed by atoms with van der Waals surface area (Å²) in [6.07, 6.45) is 1.84. The number of nitrogens with two attached hydrogens (primary N) is 1. The summed E-state index contributed by atoms with van der Waals surface area (Å²) in [4.78, 5) is 6.95. The highest BCUT2D eigenvalue weighted by Crippen LogP contribution is 2.34. The molecule has 2 aromatic heterocycles. The summed E-state index contributed by atoms with van der Waals surface area (Å²) in [6, 6.07) is 12.7. The summed E-state index contributed by atoms with van der Waals surface area (Å²) in [7, 11) is 0. The number of benzene rings is 1. The molecule has 1 unspecified atom stereocenters. The minimum atomic E-state index is 0.0795. The van der Waals surface area contributed by atoms with Crippen LogP contribution in [0.2, 0.25) is 0 Å². The van der Waals surface area contributed by atoms with Crippen LogP contribution in [0, 0.1) is 0 Å². The van der Waals surface area contributed by atoms with Crippen LogP contribution >= 0.6 is 27.3 Å². The first kappa shape index (κ1) is 12.8. The quantitative estimate of drug-likeness (QED) is 0.735. The van der Waals surface area contributed by atoms with Gasteiger partial charge in [0.15, 0.2) is 0 Å². The maximum absolute atomic E-state index is 5.93. The van der Waals surface area contributed by atoms with Crippen LogP contribution in [-0.2, 0) is 0 Å². The number of thiophene rings is 1. The van der Waals surface area contributed by atoms with Crippen LogP contribution in [0.5, 0.6) is 0 Å². The van der Waals surface area contributed by atoms with E-state index in [1.165, 1.54) is 15.3 Å². The van der Waals surface area contributed by atoms with E-state index >= 15 is 0 Å². The lowest BCUT2D eigenvalue weighted by molar-refractivity contribution is 0.838. The van der Waals surface area contributed by atoms with Gasteiger partial charge in [-0.25, -0.2) is 0 Å². The summed E-state index contributed by atoms with van der Waals surface area (Å²) < 4.78 is 1.000. The van der Waals surface area contributed by atoms with Gasteiger partial charge in [-0.2, -0.15) is 0 Å². The Labute approximate surface area is 124 Å². The average Bonchev–Trinajstić information content (AvgIpc) is 2.87. The van der Waals surface area contributed by atoms with Crippen LogP contribution in [0.3, 0.4) is 0 Å². The molecule has 2 nitrogen and oxygen atoms in total. The number of para-hydroxylation sites is 1. The molecule has 0 saturated carbocycles. The molecule has 0 radical (unpaired) electrons. The highest BCUT2D eigenvalue weighted by atomic mass is 79.9. The molecule has 2 N–H and O–H groups in total. The van der Waals surface area contributed by atoms with E-state index in [1.807, 2.05) is 13.1 Å². The molecule has 0 aliphatic carbocycles. The van der Waals surface area contributed by atoms with Crippen molar-refractivity contribution in [1.82, 2.24) is 4.98 Å². The third kappa shape index (κ3) is 2.43. The molecule has 2 heterocycles. The lowest BCUT2D eigenvalue weighted by Gasteiger charge is -2.04. The lowest BCUT2D eigenvalue weighted by atomic mass is 10.1. The Balaban J connectivity index is 2.18. The zero-order valence-corrected chi connectivity index (χ0v) is 12.8. The first-order valence-corrected chi connectivity index (χ1v) is 7.66. The number of hydrogen-bond donors (Lipinski definition) is 1. The number of hydrogen-bond acceptors (Lipinski definition) is 3. The van der Waals surface area contributed by atoms with Gasteiger partial charge in [0, 0.05) is 37.4 Å². The first-order chi connectivity index (χ1) is 9.15. The van der Waals surface area contributed by atoms with Crippen molar-refractivity contribution in [3.05, 3.63) is 51.9 Å². The van der Waals surface area contributed by atoms with Crippen molar-refractivity contribution in [2.45, 2.75) is 13.0 Å². The van der Waals surface area contributed by atoms with Crippen molar-refractivity contribution in [1.29, 1.82) is 0 Å². The second kappa shape index (κ2) is 5.04. The maximum Gasteiger partial charge on any atom is 0.0789 e. The first-order valence-electron chi connectivity index (χ1n) is 6.05. The van der Waals surface area contributed by atoms with Crippen molar-refractivity contribution in [3.8, 4) is 10.4 Å². The summed E-state index contributed by atoms with van der Waals surface area (Å²) in [5.74, 6) is 0. The molecule has 1 aromatic carbocycles. The van der Waals surface area contributed by atoms with Crippen molar-refractivity contribution < 1.29 is 0 Å². The molecule has 0 aliphatic rings. The number of fused-ring (bicyclic) bond motifs is 1. The molecule has 4 heteroatoms. The van der Waals surface area contributed by atoms with Gasteiger partial charge in [0.2, 0.25) is 0 Å². The standard InChI is InChI=1S/C15H13BrN2S/c1-9(17)13-5-6-14(19-13)12-4-2-3-10-7-11(16)8-18-15(10)12/h2-9H,17H2,1H3. The second-order valence-corrected chi connectivity index (χ2v) is 6.55. The van der Waals surface area contributed by atoms with Crippen molar-refractivity contribution in [2.24, 2.45) is 5.73 Å². The van der Waals surface area contributed by atoms with E-state index in [0.717, 1.165) is 15.4 Å². The van der Waals surface area contributed by atoms with Gasteiger partial charge < -0.3 is 5.73 Å². The number of rotatable bonds is 2. The lowest BCUT2D eigenvalue weighted by Crippen LogP contribution is -2.01. The monoisotopic (exact) mass is 332 g/mol. The number of aromatic nitrogens is 1. The molecule has 0 bridgehead atoms. The Hall–Kier alpha value is -1.23. The molecule has 3 rings (SSSR count). The number of nitrogens with zero attached hydrogens (tertiary/aromatic N) is 1. The molecule has 0 amide bonds. The van der Waals surface area contributed by atoms with Crippen LogP contribution in [0.25, 0.3) is 21.3 Å². The Kier molecular flexibility index (Phi) is 3.39. The van der Waals surface area contributed by atoms with Gasteiger partial charge in [-0.15, -0.1) is 11.3 Å². The molecule has 0 aliphatic heterocycles. The zero-order chi connectivity index (χ0) is 13.4. The number of halogens is 1. The van der Waals surface area contributed by atoms with E-state index in [4.69, 9.17) is 5.73 Å². The zero-order valence-electron chi connectivity index (χ0n) is 10.4. The highest BCUT2D eigenvalue weighted by Gasteiger charge is 2.09. The third-order valence-electron chi connectivity index (χ3n) is 3.02. The largest absolute Gasteiger partial charge is 0.324 e. The van der Waals surface area contributed by atoms with Crippen molar-refractivity contribution >= 4 is 38.2 Å². The minimum Gasteiger partial charge on any atom is -0.324 e. The molecular weight excluding hydrogens is 320 g/mol. The minimum absolute atomic E-state index is 0.0795. The van der Waals surface area contributed by atoms with Gasteiger partial charge in [-0.05, 0) is 41.1 Å². The van der Waals surface area contributed by atoms with Crippen LogP contribution in [0.1, 0.15) is 17.8 Å². The Morgan fingerprint density at radius 1 is 1.26 bits per heavy atom. The van der Waals surface area contributed by atoms with E-state index in [-0.39, 0.29) is 6.04 Å². The van der Waals surface area contributed by atoms with Gasteiger partial charge in [0.25, 0.3) is 0 Å². The Morgan fingerprint density at radius 2 is 2.11 bits per heavy atom. The summed E-state index contributed by atoms with van der Waals surface area (Å²) in [5, 5.41) is 1.14. The average molecular weight is 333 g/mol. The molecular formula is C15H13BrN2S. The summed E-state index contributed by atoms with van der Waals surface area (Å²) >= 11 is 5.20. The third-order valence-corrected chi connectivity index (χ3v) is 4.77. The van der Waals surface area contributed by atoms with E-state index in [2.05, 4.69) is 57.3 Å². The normalized spacial score (nSPS) is 12.8. The smallest absolute Gasteiger partial charge is 0.0789 e. The van der Waals surface area contributed by atoms with E-state index in [1.54, 1.807) is 11.3 Å². The number of pyridine rings is 1. The predicted octanol–water partition coefficient (Wildman–Crippen LogP) is 4.75. The summed E-state index contributed by atoms with van der Waals surface area (Å²) in [5.41, 5.74) is 8.13. The second-order valence-electron chi connectivity index (χ2n) is 4.52. The fraction of sp³-hybridized carbons (Fsp3) is 0.133. The molecule has 96 valence electrons. The highest BCUT2D eigenvalue weighted by molar-refractivity contribution is 9.10. The Bertz CT molecular complexity index is 734. The molecule has 0 spiro atoms. The fourth-order valence-electron chi connectivity index (χ4n) is 2.08. The predicted molar refractivity (Wildman–Crippen MR) is 85.4 cm³/mol. The van der Waals surface area contributed by atoms with Crippen LogP contribution in [-0.4, -0.2) is 4.98 Å². The topological polar surface area (TPSA) is 38.9 Å². The molecule has 0 fully saturated rings. The van der Waals surface area contributed by atoms with Crippen LogP contribution < -0.4 is 5.73 Å². The molecule has 19 heavy (non-hydrogen) atoms. The van der Waals surface area contributed by atoms with E-state index < -0.39 is 0 Å². The maximum atomic E-state index is 5.93.